The Labute approximate surface area is 120 Å². The zero-order valence-corrected chi connectivity index (χ0v) is 12.6. The first kappa shape index (κ1) is 13.6. The van der Waals surface area contributed by atoms with Crippen LogP contribution in [0.15, 0.2) is 54.6 Å². The molecule has 0 amide bonds. The van der Waals surface area contributed by atoms with E-state index in [0.29, 0.717) is 0 Å². The van der Waals surface area contributed by atoms with Crippen LogP contribution in [-0.4, -0.2) is 0 Å². The fourth-order valence-corrected chi connectivity index (χ4v) is 5.24. The molecular weight excluding hydrogens is 267 g/mol. The Morgan fingerprint density at radius 3 is 2.50 bits per heavy atom. The van der Waals surface area contributed by atoms with Gasteiger partial charge in [0, 0.05) is 10.6 Å². The number of hydrogen-bond donors (Lipinski definition) is 0. The van der Waals surface area contributed by atoms with E-state index in [4.69, 9.17) is 4.52 Å². The zero-order valence-electron chi connectivity index (χ0n) is 11.7. The molecule has 0 saturated heterocycles. The third-order valence-electron chi connectivity index (χ3n) is 3.79. The largest absolute Gasteiger partial charge is 0.314 e. The normalized spacial score (nSPS) is 24.6. The summed E-state index contributed by atoms with van der Waals surface area (Å²) in [6.45, 7) is 2.16. The Morgan fingerprint density at radius 2 is 1.75 bits per heavy atom. The van der Waals surface area contributed by atoms with Gasteiger partial charge in [-0.15, -0.1) is 0 Å². The van der Waals surface area contributed by atoms with Crippen LogP contribution in [0.5, 0.6) is 0 Å². The van der Waals surface area contributed by atoms with Gasteiger partial charge >= 0.3 is 0 Å². The van der Waals surface area contributed by atoms with Crippen molar-refractivity contribution in [1.82, 2.24) is 0 Å². The number of fused-ring (bicyclic) bond motifs is 1. The van der Waals surface area contributed by atoms with E-state index >= 15 is 0 Å². The van der Waals surface area contributed by atoms with Crippen molar-refractivity contribution in [3.8, 4) is 0 Å². The maximum absolute atomic E-state index is 13.4. The first-order valence-corrected chi connectivity index (χ1v) is 8.81. The highest BCUT2D eigenvalue weighted by molar-refractivity contribution is 7.74. The minimum absolute atomic E-state index is 0.0304. The maximum Gasteiger partial charge on any atom is 0.262 e. The van der Waals surface area contributed by atoms with Gasteiger partial charge in [0.1, 0.15) is 0 Å². The predicted molar refractivity (Wildman–Crippen MR) is 83.1 cm³/mol. The lowest BCUT2D eigenvalue weighted by molar-refractivity contribution is 0.214. The van der Waals surface area contributed by atoms with Gasteiger partial charge in [0.2, 0.25) is 0 Å². The molecule has 0 saturated carbocycles. The first-order chi connectivity index (χ1) is 9.75. The van der Waals surface area contributed by atoms with E-state index in [0.717, 1.165) is 35.4 Å². The quantitative estimate of drug-likeness (QED) is 0.788. The lowest BCUT2D eigenvalue weighted by Gasteiger charge is -2.15. The summed E-state index contributed by atoms with van der Waals surface area (Å²) >= 11 is 0. The van der Waals surface area contributed by atoms with Crippen LogP contribution in [0.4, 0.5) is 0 Å². The van der Waals surface area contributed by atoms with Crippen molar-refractivity contribution in [2.45, 2.75) is 32.3 Å². The third-order valence-corrected chi connectivity index (χ3v) is 6.36. The minimum atomic E-state index is -2.91. The second kappa shape index (κ2) is 5.55. The summed E-state index contributed by atoms with van der Waals surface area (Å²) in [5.74, 6) is 0. The Balaban J connectivity index is 2.05. The van der Waals surface area contributed by atoms with Crippen molar-refractivity contribution < 1.29 is 9.09 Å². The topological polar surface area (TPSA) is 26.3 Å². The summed E-state index contributed by atoms with van der Waals surface area (Å²) in [5.41, 5.74) is 1.10. The van der Waals surface area contributed by atoms with E-state index in [1.807, 2.05) is 48.5 Å². The van der Waals surface area contributed by atoms with Crippen LogP contribution in [0.25, 0.3) is 0 Å². The highest BCUT2D eigenvalue weighted by Crippen LogP contribution is 2.56. The zero-order chi connectivity index (χ0) is 14.0. The molecule has 1 heterocycles. The molecule has 0 spiro atoms. The molecule has 2 unspecified atom stereocenters. The highest BCUT2D eigenvalue weighted by Gasteiger charge is 2.41. The van der Waals surface area contributed by atoms with Crippen LogP contribution in [0.2, 0.25) is 0 Å². The number of hydrogen-bond acceptors (Lipinski definition) is 2. The molecule has 0 aliphatic carbocycles. The Morgan fingerprint density at radius 1 is 1.05 bits per heavy atom. The molecule has 0 bridgehead atoms. The molecule has 0 N–H and O–H groups in total. The lowest BCUT2D eigenvalue weighted by Crippen LogP contribution is -2.13. The van der Waals surface area contributed by atoms with Gasteiger partial charge < -0.3 is 4.52 Å². The van der Waals surface area contributed by atoms with E-state index in [2.05, 4.69) is 13.0 Å². The molecule has 1 aliphatic heterocycles. The molecule has 3 heteroatoms. The molecule has 2 aromatic carbocycles. The van der Waals surface area contributed by atoms with Crippen molar-refractivity contribution in [2.75, 3.05) is 0 Å². The standard InChI is InChI=1S/C17H19O2P/c1-2-3-12-16-15-11-7-8-13-17(15)20(18,19-16)14-9-5-4-6-10-14/h4-11,13,16H,2-3,12H2,1H3. The average Bonchev–Trinajstić information content (AvgIpc) is 2.81. The SMILES string of the molecule is CCCCC1OP(=O)(c2ccccc2)c2ccccc21. The second-order valence-corrected chi connectivity index (χ2v) is 7.49. The van der Waals surface area contributed by atoms with E-state index in [1.165, 1.54) is 0 Å². The molecule has 2 atom stereocenters. The lowest BCUT2D eigenvalue weighted by atomic mass is 10.0. The first-order valence-electron chi connectivity index (χ1n) is 7.19. The third kappa shape index (κ3) is 2.24. The molecule has 0 fully saturated rings. The number of benzene rings is 2. The molecule has 0 aromatic heterocycles. The number of unbranched alkanes of at least 4 members (excludes halogenated alkanes) is 1. The molecule has 104 valence electrons. The molecule has 0 radical (unpaired) electrons. The summed E-state index contributed by atoms with van der Waals surface area (Å²) in [6.07, 6.45) is 3.12. The van der Waals surface area contributed by atoms with Crippen LogP contribution in [-0.2, 0) is 9.09 Å². The monoisotopic (exact) mass is 286 g/mol. The van der Waals surface area contributed by atoms with Crippen LogP contribution in [0.3, 0.4) is 0 Å². The second-order valence-electron chi connectivity index (χ2n) is 5.18. The summed E-state index contributed by atoms with van der Waals surface area (Å²) in [6, 6.07) is 17.5. The molecule has 3 rings (SSSR count). The van der Waals surface area contributed by atoms with Crippen molar-refractivity contribution in [3.63, 3.8) is 0 Å². The van der Waals surface area contributed by atoms with E-state index in [9.17, 15) is 4.57 Å². The van der Waals surface area contributed by atoms with Crippen molar-refractivity contribution in [2.24, 2.45) is 0 Å². The van der Waals surface area contributed by atoms with Gasteiger partial charge in [0.15, 0.2) is 0 Å². The van der Waals surface area contributed by atoms with Gasteiger partial charge in [-0.05, 0) is 30.2 Å². The average molecular weight is 286 g/mol. The summed E-state index contributed by atoms with van der Waals surface area (Å²) in [4.78, 5) is 0. The maximum atomic E-state index is 13.4. The fraction of sp³-hybridized carbons (Fsp3) is 0.294. The summed E-state index contributed by atoms with van der Waals surface area (Å²) < 4.78 is 19.5. The van der Waals surface area contributed by atoms with Gasteiger partial charge in [-0.2, -0.15) is 0 Å². The van der Waals surface area contributed by atoms with E-state index in [-0.39, 0.29) is 6.10 Å². The van der Waals surface area contributed by atoms with E-state index in [1.54, 1.807) is 0 Å². The van der Waals surface area contributed by atoms with Crippen molar-refractivity contribution in [3.05, 3.63) is 60.2 Å². The van der Waals surface area contributed by atoms with Crippen molar-refractivity contribution >= 4 is 18.0 Å². The van der Waals surface area contributed by atoms with Crippen LogP contribution in [0.1, 0.15) is 37.9 Å². The van der Waals surface area contributed by atoms with E-state index < -0.39 is 7.37 Å². The predicted octanol–water partition coefficient (Wildman–Crippen LogP) is 4.18. The van der Waals surface area contributed by atoms with Gasteiger partial charge in [-0.25, -0.2) is 0 Å². The smallest absolute Gasteiger partial charge is 0.262 e. The molecular formula is C17H19O2P. The molecule has 2 aromatic rings. The molecule has 2 nitrogen and oxygen atoms in total. The van der Waals surface area contributed by atoms with Gasteiger partial charge in [-0.1, -0.05) is 56.2 Å². The fourth-order valence-electron chi connectivity index (χ4n) is 2.74. The molecule has 1 aliphatic rings. The number of rotatable bonds is 4. The minimum Gasteiger partial charge on any atom is -0.314 e. The van der Waals surface area contributed by atoms with Crippen LogP contribution < -0.4 is 10.6 Å². The highest BCUT2D eigenvalue weighted by atomic mass is 31.2. The van der Waals surface area contributed by atoms with Gasteiger partial charge in [0.25, 0.3) is 7.37 Å². The Kier molecular flexibility index (Phi) is 3.78. The van der Waals surface area contributed by atoms with Gasteiger partial charge in [-0.3, -0.25) is 4.57 Å². The molecule has 20 heavy (non-hydrogen) atoms. The summed E-state index contributed by atoms with van der Waals surface area (Å²) in [7, 11) is -2.91. The Bertz CT molecular complexity index is 636. The Hall–Kier alpha value is -1.37. The van der Waals surface area contributed by atoms with Crippen molar-refractivity contribution in [1.29, 1.82) is 0 Å². The van der Waals surface area contributed by atoms with Crippen LogP contribution >= 0.6 is 7.37 Å². The van der Waals surface area contributed by atoms with Crippen LogP contribution in [0, 0.1) is 0 Å². The summed E-state index contributed by atoms with van der Waals surface area (Å²) in [5, 5.41) is 1.68. The van der Waals surface area contributed by atoms with Gasteiger partial charge in [0.05, 0.1) is 6.10 Å².